The molecule has 3 aromatic rings. The van der Waals surface area contributed by atoms with Crippen molar-refractivity contribution in [3.63, 3.8) is 0 Å². The van der Waals surface area contributed by atoms with Gasteiger partial charge in [-0.15, -0.1) is 0 Å². The molecule has 244 valence electrons. The van der Waals surface area contributed by atoms with E-state index in [0.29, 0.717) is 6.07 Å². The van der Waals surface area contributed by atoms with Gasteiger partial charge in [-0.3, -0.25) is 9.59 Å². The number of halogens is 9. The summed E-state index contributed by atoms with van der Waals surface area (Å²) in [5, 5.41) is 17.6. The molecule has 0 radical (unpaired) electrons. The number of phenols is 1. The van der Waals surface area contributed by atoms with Crippen LogP contribution < -0.4 is 16.0 Å². The van der Waals surface area contributed by atoms with E-state index in [4.69, 9.17) is 0 Å². The lowest BCUT2D eigenvalue weighted by molar-refractivity contribution is -0.192. The van der Waals surface area contributed by atoms with Crippen LogP contribution in [-0.2, 0) is 17.5 Å². The van der Waals surface area contributed by atoms with E-state index < -0.39 is 71.3 Å². The Kier molecular flexibility index (Phi) is 8.10. The molecule has 0 spiro atoms. The number of carbonyl (C=O) groups is 2. The minimum atomic E-state index is -4.85. The predicted molar refractivity (Wildman–Crippen MR) is 141 cm³/mol. The second-order valence-corrected chi connectivity index (χ2v) is 11.3. The Morgan fingerprint density at radius 3 is 2.20 bits per heavy atom. The molecule has 0 bridgehead atoms. The number of hydrogen-bond donors (Lipinski definition) is 5. The monoisotopic (exact) mass is 651 g/mol. The van der Waals surface area contributed by atoms with Crippen LogP contribution in [0, 0.1) is 11.3 Å². The summed E-state index contributed by atoms with van der Waals surface area (Å²) in [4.78, 5) is 31.8. The molecule has 2 aromatic carbocycles. The fourth-order valence-corrected chi connectivity index (χ4v) is 5.41. The van der Waals surface area contributed by atoms with Crippen LogP contribution in [-0.4, -0.2) is 45.3 Å². The highest BCUT2D eigenvalue weighted by molar-refractivity contribution is 6.00. The number of aromatic hydroxyl groups is 1. The Morgan fingerprint density at radius 1 is 0.956 bits per heavy atom. The Balaban J connectivity index is 1.31. The summed E-state index contributed by atoms with van der Waals surface area (Å²) in [6, 6.07) is 4.42. The van der Waals surface area contributed by atoms with Crippen LogP contribution in [0.2, 0.25) is 0 Å². The molecule has 2 amide bonds. The first-order valence-electron chi connectivity index (χ1n) is 13.8. The number of carbonyl (C=O) groups excluding carboxylic acids is 2. The number of aromatic nitrogens is 2. The molecule has 45 heavy (non-hydrogen) atoms. The van der Waals surface area contributed by atoms with Crippen LogP contribution in [0.4, 0.5) is 51.1 Å². The molecule has 0 saturated heterocycles. The molecule has 2 aliphatic rings. The second-order valence-electron chi connectivity index (χ2n) is 11.3. The van der Waals surface area contributed by atoms with Gasteiger partial charge in [-0.1, -0.05) is 6.07 Å². The Bertz CT molecular complexity index is 1600. The molecular weight excluding hydrogens is 625 g/mol. The summed E-state index contributed by atoms with van der Waals surface area (Å²) in [6.45, 7) is -0.478. The van der Waals surface area contributed by atoms with Gasteiger partial charge in [0.05, 0.1) is 33.8 Å². The third kappa shape index (κ3) is 6.76. The van der Waals surface area contributed by atoms with Crippen molar-refractivity contribution in [2.24, 2.45) is 11.3 Å². The maximum Gasteiger partial charge on any atom is 0.418 e. The lowest BCUT2D eigenvalue weighted by atomic mass is 9.85. The SMILES string of the molecule is O=C(NC1CCC(C(F)(F)F)CC1)c1cc2[nH]c(Nc3cc(CNC(=O)C4(C(F)(F)F)CC4)ccc3C(F)(F)F)nc2cc1O. The van der Waals surface area contributed by atoms with Gasteiger partial charge in [0.25, 0.3) is 5.91 Å². The minimum absolute atomic E-state index is 0.0519. The summed E-state index contributed by atoms with van der Waals surface area (Å²) in [7, 11) is 0. The molecule has 0 aliphatic heterocycles. The van der Waals surface area contributed by atoms with Gasteiger partial charge in [0.15, 0.2) is 0 Å². The van der Waals surface area contributed by atoms with Gasteiger partial charge in [-0.2, -0.15) is 39.5 Å². The number of benzene rings is 2. The molecule has 1 heterocycles. The molecule has 0 unspecified atom stereocenters. The smallest absolute Gasteiger partial charge is 0.418 e. The highest BCUT2D eigenvalue weighted by Gasteiger charge is 2.68. The van der Waals surface area contributed by atoms with E-state index in [9.17, 15) is 54.2 Å². The first-order valence-corrected chi connectivity index (χ1v) is 13.8. The highest BCUT2D eigenvalue weighted by Crippen LogP contribution is 2.57. The fraction of sp³-hybridized carbons (Fsp3) is 0.464. The molecule has 2 fully saturated rings. The van der Waals surface area contributed by atoms with Gasteiger partial charge in [0.2, 0.25) is 11.9 Å². The average Bonchev–Trinajstić information content (AvgIpc) is 3.67. The van der Waals surface area contributed by atoms with E-state index in [1.54, 1.807) is 0 Å². The van der Waals surface area contributed by atoms with E-state index in [0.717, 1.165) is 18.2 Å². The number of imidazole rings is 1. The van der Waals surface area contributed by atoms with Crippen LogP contribution in [0.25, 0.3) is 11.0 Å². The third-order valence-corrected chi connectivity index (χ3v) is 8.19. The summed E-state index contributed by atoms with van der Waals surface area (Å²) >= 11 is 0. The van der Waals surface area contributed by atoms with Crippen LogP contribution in [0.1, 0.15) is 60.0 Å². The maximum absolute atomic E-state index is 13.8. The molecule has 17 heteroatoms. The number of rotatable bonds is 7. The van der Waals surface area contributed by atoms with Crippen molar-refractivity contribution in [1.82, 2.24) is 20.6 Å². The van der Waals surface area contributed by atoms with Gasteiger partial charge in [-0.05, 0) is 62.3 Å². The zero-order chi connectivity index (χ0) is 32.9. The number of phenolic OH excluding ortho intramolecular Hbond substituents is 1. The van der Waals surface area contributed by atoms with Crippen molar-refractivity contribution < 1.29 is 54.2 Å². The number of H-pyrrole nitrogens is 1. The Hall–Kier alpha value is -4.18. The van der Waals surface area contributed by atoms with Crippen molar-refractivity contribution in [3.05, 3.63) is 47.0 Å². The molecule has 0 atom stereocenters. The lowest BCUT2D eigenvalue weighted by Gasteiger charge is -2.30. The first-order chi connectivity index (χ1) is 20.9. The van der Waals surface area contributed by atoms with Gasteiger partial charge >= 0.3 is 18.5 Å². The quantitative estimate of drug-likeness (QED) is 0.179. The molecule has 2 saturated carbocycles. The first kappa shape index (κ1) is 32.2. The van der Waals surface area contributed by atoms with Gasteiger partial charge in [0.1, 0.15) is 11.2 Å². The standard InChI is InChI=1S/C28H26F9N5O3/c29-26(30,31)14-2-4-15(5-3-14)39-22(44)16-10-19-20(11-21(16)43)42-24(41-19)40-18-9-13(1-6-17(18)27(32,33)34)12-38-23(45)25(7-8-25)28(35,36)37/h1,6,9-11,14-15,43H,2-5,7-8,12H2,(H,38,45)(H,39,44)(H2,40,41,42). The van der Waals surface area contributed by atoms with Crippen molar-refractivity contribution in [1.29, 1.82) is 0 Å². The largest absolute Gasteiger partial charge is 0.507 e. The third-order valence-electron chi connectivity index (χ3n) is 8.19. The van der Waals surface area contributed by atoms with Crippen molar-refractivity contribution in [3.8, 4) is 5.75 Å². The summed E-state index contributed by atoms with van der Waals surface area (Å²) in [6.07, 6.45) is -14.8. The highest BCUT2D eigenvalue weighted by atomic mass is 19.4. The topological polar surface area (TPSA) is 119 Å². The summed E-state index contributed by atoms with van der Waals surface area (Å²) in [5.74, 6) is -4.25. The number of amides is 2. The molecule has 5 rings (SSSR count). The predicted octanol–water partition coefficient (Wildman–Crippen LogP) is 6.84. The van der Waals surface area contributed by atoms with Crippen LogP contribution >= 0.6 is 0 Å². The van der Waals surface area contributed by atoms with Gasteiger partial charge in [0, 0.05) is 18.7 Å². The number of anilines is 2. The number of nitrogens with one attached hydrogen (secondary N) is 4. The average molecular weight is 652 g/mol. The molecule has 2 aliphatic carbocycles. The summed E-state index contributed by atoms with van der Waals surface area (Å²) < 4.78 is 120. The number of hydrogen-bond acceptors (Lipinski definition) is 5. The number of fused-ring (bicyclic) bond motifs is 1. The summed E-state index contributed by atoms with van der Waals surface area (Å²) in [5.41, 5.74) is -4.18. The van der Waals surface area contributed by atoms with Crippen LogP contribution in [0.3, 0.4) is 0 Å². The maximum atomic E-state index is 13.8. The van der Waals surface area contributed by atoms with Gasteiger partial charge < -0.3 is 26.0 Å². The molecule has 5 N–H and O–H groups in total. The van der Waals surface area contributed by atoms with Crippen molar-refractivity contribution >= 4 is 34.5 Å². The van der Waals surface area contributed by atoms with Gasteiger partial charge in [-0.25, -0.2) is 4.98 Å². The van der Waals surface area contributed by atoms with E-state index in [2.05, 4.69) is 25.9 Å². The van der Waals surface area contributed by atoms with Crippen LogP contribution in [0.15, 0.2) is 30.3 Å². The number of nitrogens with zero attached hydrogens (tertiary/aromatic N) is 1. The molecule has 8 nitrogen and oxygen atoms in total. The Morgan fingerprint density at radius 2 is 1.62 bits per heavy atom. The van der Waals surface area contributed by atoms with Crippen molar-refractivity contribution in [2.75, 3.05) is 5.32 Å². The molecule has 1 aromatic heterocycles. The van der Waals surface area contributed by atoms with Crippen LogP contribution in [0.5, 0.6) is 5.75 Å². The van der Waals surface area contributed by atoms with E-state index in [1.807, 2.05) is 0 Å². The normalized spacial score (nSPS) is 20.1. The Labute approximate surface area is 248 Å². The number of aromatic amines is 1. The zero-order valence-corrected chi connectivity index (χ0v) is 23.1. The fourth-order valence-electron chi connectivity index (χ4n) is 5.41. The lowest BCUT2D eigenvalue weighted by Crippen LogP contribution is -2.40. The molecular formula is C28H26F9N5O3. The van der Waals surface area contributed by atoms with Crippen molar-refractivity contribution in [2.45, 2.75) is 69.6 Å². The zero-order valence-electron chi connectivity index (χ0n) is 23.1. The second kappa shape index (κ2) is 11.3. The minimum Gasteiger partial charge on any atom is -0.507 e. The number of alkyl halides is 9. The van der Waals surface area contributed by atoms with E-state index in [-0.39, 0.29) is 66.6 Å². The van der Waals surface area contributed by atoms with E-state index >= 15 is 0 Å². The van der Waals surface area contributed by atoms with E-state index in [1.165, 1.54) is 6.07 Å².